The zero-order valence-corrected chi connectivity index (χ0v) is 11.9. The minimum atomic E-state index is 0.292. The van der Waals surface area contributed by atoms with E-state index in [1.54, 1.807) is 0 Å². The van der Waals surface area contributed by atoms with Crippen molar-refractivity contribution in [3.63, 3.8) is 0 Å². The summed E-state index contributed by atoms with van der Waals surface area (Å²) in [5.41, 5.74) is 3.26. The zero-order valence-electron chi connectivity index (χ0n) is 10.4. The number of halogens is 2. The van der Waals surface area contributed by atoms with Crippen LogP contribution in [-0.4, -0.2) is 7.05 Å². The molecule has 0 fully saturated rings. The van der Waals surface area contributed by atoms with Crippen LogP contribution in [0.15, 0.2) is 42.5 Å². The van der Waals surface area contributed by atoms with Gasteiger partial charge in [-0.25, -0.2) is 0 Å². The molecular formula is C15H15Cl2N. The van der Waals surface area contributed by atoms with Crippen molar-refractivity contribution in [3.05, 3.63) is 58.1 Å². The van der Waals surface area contributed by atoms with E-state index in [0.29, 0.717) is 6.04 Å². The molecule has 2 rings (SSSR count). The molecule has 0 aromatic heterocycles. The molecule has 0 saturated heterocycles. The van der Waals surface area contributed by atoms with E-state index in [9.17, 15) is 0 Å². The molecule has 2 aromatic rings. The van der Waals surface area contributed by atoms with Crippen LogP contribution in [0.3, 0.4) is 0 Å². The van der Waals surface area contributed by atoms with E-state index in [2.05, 4.69) is 18.3 Å². The van der Waals surface area contributed by atoms with Gasteiger partial charge in [0, 0.05) is 21.7 Å². The van der Waals surface area contributed by atoms with E-state index < -0.39 is 0 Å². The summed E-state index contributed by atoms with van der Waals surface area (Å²) in [4.78, 5) is 0. The molecule has 0 heterocycles. The Morgan fingerprint density at radius 3 is 2.50 bits per heavy atom. The molecule has 0 aliphatic carbocycles. The maximum atomic E-state index is 6.27. The van der Waals surface area contributed by atoms with Gasteiger partial charge in [0.05, 0.1) is 0 Å². The van der Waals surface area contributed by atoms with Crippen LogP contribution < -0.4 is 5.32 Å². The van der Waals surface area contributed by atoms with Crippen molar-refractivity contribution in [3.8, 4) is 11.1 Å². The molecule has 2 aromatic carbocycles. The van der Waals surface area contributed by atoms with E-state index >= 15 is 0 Å². The monoisotopic (exact) mass is 279 g/mol. The maximum Gasteiger partial charge on any atom is 0.0484 e. The molecule has 3 heteroatoms. The molecule has 0 aliphatic heterocycles. The first kappa shape index (κ1) is 13.4. The van der Waals surface area contributed by atoms with Gasteiger partial charge in [0.2, 0.25) is 0 Å². The molecular weight excluding hydrogens is 265 g/mol. The summed E-state index contributed by atoms with van der Waals surface area (Å²) < 4.78 is 0. The molecule has 0 saturated carbocycles. The Morgan fingerprint density at radius 2 is 1.83 bits per heavy atom. The van der Waals surface area contributed by atoms with Gasteiger partial charge in [0.15, 0.2) is 0 Å². The standard InChI is InChI=1S/C15H15Cl2N/c1-10(18-2)11-6-7-15(17)14(9-11)12-4-3-5-13(16)8-12/h3-10,18H,1-2H3. The van der Waals surface area contributed by atoms with Crippen LogP contribution in [0, 0.1) is 0 Å². The van der Waals surface area contributed by atoms with Crippen LogP contribution in [0.2, 0.25) is 10.0 Å². The molecule has 18 heavy (non-hydrogen) atoms. The predicted molar refractivity (Wildman–Crippen MR) is 79.4 cm³/mol. The van der Waals surface area contributed by atoms with Gasteiger partial charge >= 0.3 is 0 Å². The fourth-order valence-electron chi connectivity index (χ4n) is 1.86. The summed E-state index contributed by atoms with van der Waals surface area (Å²) in [5.74, 6) is 0. The highest BCUT2D eigenvalue weighted by molar-refractivity contribution is 6.33. The van der Waals surface area contributed by atoms with Crippen molar-refractivity contribution < 1.29 is 0 Å². The first-order chi connectivity index (χ1) is 8.61. The van der Waals surface area contributed by atoms with Crippen molar-refractivity contribution in [1.82, 2.24) is 5.32 Å². The second-order valence-corrected chi connectivity index (χ2v) is 5.10. The van der Waals surface area contributed by atoms with Gasteiger partial charge in [-0.2, -0.15) is 0 Å². The molecule has 1 N–H and O–H groups in total. The van der Waals surface area contributed by atoms with Crippen LogP contribution in [0.4, 0.5) is 0 Å². The van der Waals surface area contributed by atoms with Crippen LogP contribution in [0.25, 0.3) is 11.1 Å². The summed E-state index contributed by atoms with van der Waals surface area (Å²) in [5, 5.41) is 4.68. The van der Waals surface area contributed by atoms with E-state index in [0.717, 1.165) is 21.2 Å². The van der Waals surface area contributed by atoms with E-state index in [-0.39, 0.29) is 0 Å². The fourth-order valence-corrected chi connectivity index (χ4v) is 2.27. The molecule has 1 unspecified atom stereocenters. The van der Waals surface area contributed by atoms with E-state index in [4.69, 9.17) is 23.2 Å². The van der Waals surface area contributed by atoms with Gasteiger partial charge in [-0.1, -0.05) is 41.4 Å². The number of hydrogen-bond donors (Lipinski definition) is 1. The van der Waals surface area contributed by atoms with Crippen LogP contribution >= 0.6 is 23.2 Å². The van der Waals surface area contributed by atoms with Crippen molar-refractivity contribution in [1.29, 1.82) is 0 Å². The Balaban J connectivity index is 2.49. The fraction of sp³-hybridized carbons (Fsp3) is 0.200. The van der Waals surface area contributed by atoms with Crippen molar-refractivity contribution in [2.24, 2.45) is 0 Å². The van der Waals surface area contributed by atoms with Gasteiger partial charge < -0.3 is 5.32 Å². The second-order valence-electron chi connectivity index (χ2n) is 4.26. The van der Waals surface area contributed by atoms with Crippen molar-refractivity contribution >= 4 is 23.2 Å². The minimum absolute atomic E-state index is 0.292. The van der Waals surface area contributed by atoms with E-state index in [1.807, 2.05) is 43.4 Å². The summed E-state index contributed by atoms with van der Waals surface area (Å²) in [6, 6.07) is 14.1. The summed E-state index contributed by atoms with van der Waals surface area (Å²) in [7, 11) is 1.94. The average Bonchev–Trinajstić information content (AvgIpc) is 2.38. The Labute approximate surface area is 118 Å². The SMILES string of the molecule is CNC(C)c1ccc(Cl)c(-c2cccc(Cl)c2)c1. The highest BCUT2D eigenvalue weighted by atomic mass is 35.5. The molecule has 0 amide bonds. The second kappa shape index (κ2) is 5.75. The molecule has 1 nitrogen and oxygen atoms in total. The lowest BCUT2D eigenvalue weighted by molar-refractivity contribution is 0.652. The number of rotatable bonds is 3. The lowest BCUT2D eigenvalue weighted by Crippen LogP contribution is -2.12. The Kier molecular flexibility index (Phi) is 4.28. The van der Waals surface area contributed by atoms with Crippen molar-refractivity contribution in [2.45, 2.75) is 13.0 Å². The third kappa shape index (κ3) is 2.86. The first-order valence-corrected chi connectivity index (χ1v) is 6.60. The molecule has 1 atom stereocenters. The smallest absolute Gasteiger partial charge is 0.0484 e. The average molecular weight is 280 g/mol. The van der Waals surface area contributed by atoms with Crippen LogP contribution in [0.1, 0.15) is 18.5 Å². The summed E-state index contributed by atoms with van der Waals surface area (Å²) >= 11 is 12.3. The summed E-state index contributed by atoms with van der Waals surface area (Å²) in [6.45, 7) is 2.12. The maximum absolute atomic E-state index is 6.27. The number of benzene rings is 2. The molecule has 0 radical (unpaired) electrons. The summed E-state index contributed by atoms with van der Waals surface area (Å²) in [6.07, 6.45) is 0. The Bertz CT molecular complexity index is 552. The molecule has 0 bridgehead atoms. The number of hydrogen-bond acceptors (Lipinski definition) is 1. The third-order valence-corrected chi connectivity index (χ3v) is 3.62. The van der Waals surface area contributed by atoms with Crippen LogP contribution in [0.5, 0.6) is 0 Å². The molecule has 94 valence electrons. The Morgan fingerprint density at radius 1 is 1.06 bits per heavy atom. The molecule has 0 spiro atoms. The largest absolute Gasteiger partial charge is 0.313 e. The van der Waals surface area contributed by atoms with E-state index in [1.165, 1.54) is 5.56 Å². The Hall–Kier alpha value is -1.02. The highest BCUT2D eigenvalue weighted by Gasteiger charge is 2.08. The van der Waals surface area contributed by atoms with Gasteiger partial charge in [-0.3, -0.25) is 0 Å². The van der Waals surface area contributed by atoms with Gasteiger partial charge in [0.1, 0.15) is 0 Å². The third-order valence-electron chi connectivity index (χ3n) is 3.06. The van der Waals surface area contributed by atoms with Gasteiger partial charge in [-0.15, -0.1) is 0 Å². The lowest BCUT2D eigenvalue weighted by Gasteiger charge is -2.13. The number of nitrogens with one attached hydrogen (secondary N) is 1. The highest BCUT2D eigenvalue weighted by Crippen LogP contribution is 2.31. The van der Waals surface area contributed by atoms with Crippen molar-refractivity contribution in [2.75, 3.05) is 7.05 Å². The van der Waals surface area contributed by atoms with Gasteiger partial charge in [0.25, 0.3) is 0 Å². The first-order valence-electron chi connectivity index (χ1n) is 5.84. The predicted octanol–water partition coefficient (Wildman–Crippen LogP) is 4.94. The quantitative estimate of drug-likeness (QED) is 0.839. The zero-order chi connectivity index (χ0) is 13.1. The minimum Gasteiger partial charge on any atom is -0.313 e. The lowest BCUT2D eigenvalue weighted by atomic mass is 10.00. The van der Waals surface area contributed by atoms with Crippen LogP contribution in [-0.2, 0) is 0 Å². The molecule has 0 aliphatic rings. The van der Waals surface area contributed by atoms with Gasteiger partial charge in [-0.05, 0) is 49.4 Å². The topological polar surface area (TPSA) is 12.0 Å². The normalized spacial score (nSPS) is 12.4.